The molecule has 0 bridgehead atoms. The molecule has 1 aromatic heterocycles. The van der Waals surface area contributed by atoms with Crippen molar-refractivity contribution in [1.29, 1.82) is 0 Å². The number of carbonyl (C=O) groups is 2. The molecule has 4 rings (SSSR count). The second-order valence-corrected chi connectivity index (χ2v) is 12.1. The van der Waals surface area contributed by atoms with Gasteiger partial charge in [-0.05, 0) is 56.4 Å². The molecule has 1 N–H and O–H groups in total. The van der Waals surface area contributed by atoms with E-state index in [1.165, 1.54) is 23.9 Å². The van der Waals surface area contributed by atoms with Crippen LogP contribution in [0.1, 0.15) is 48.4 Å². The average Bonchev–Trinajstić information content (AvgIpc) is 3.18. The average molecular weight is 538 g/mol. The summed E-state index contributed by atoms with van der Waals surface area (Å²) in [5, 5.41) is 7.76. The second kappa shape index (κ2) is 11.3. The zero-order valence-electron chi connectivity index (χ0n) is 22.9. The molecule has 0 fully saturated rings. The Morgan fingerprint density at radius 2 is 1.89 bits per heavy atom. The summed E-state index contributed by atoms with van der Waals surface area (Å²) in [4.78, 5) is 30.3. The monoisotopic (exact) mass is 537 g/mol. The van der Waals surface area contributed by atoms with Gasteiger partial charge in [-0.1, -0.05) is 45.0 Å². The summed E-state index contributed by atoms with van der Waals surface area (Å²) in [6.07, 6.45) is 0. The molecule has 38 heavy (non-hydrogen) atoms. The van der Waals surface area contributed by atoms with Gasteiger partial charge in [-0.2, -0.15) is 5.10 Å². The van der Waals surface area contributed by atoms with E-state index >= 15 is 0 Å². The number of aromatic nitrogens is 2. The van der Waals surface area contributed by atoms with Gasteiger partial charge in [0.05, 0.1) is 22.4 Å². The molecule has 1 aliphatic rings. The van der Waals surface area contributed by atoms with E-state index < -0.39 is 0 Å². The van der Waals surface area contributed by atoms with Gasteiger partial charge in [-0.15, -0.1) is 11.8 Å². The standard InChI is InChI=1S/C29H36FN5O2S/c1-19-8-7-9-22(16-19)35-28-25(27(32-35)29(2,3)4)26(20-10-12-21(30)13-11-20)38-18-24(37)34(28)17-23(36)31-14-15-33(5)6/h7-13,16,26H,14-15,17-18H2,1-6H3,(H,31,36)/t26-/m0/s1. The third-order valence-electron chi connectivity index (χ3n) is 6.40. The number of benzene rings is 2. The summed E-state index contributed by atoms with van der Waals surface area (Å²) >= 11 is 1.48. The molecule has 1 atom stereocenters. The van der Waals surface area contributed by atoms with Gasteiger partial charge >= 0.3 is 0 Å². The molecule has 2 aromatic carbocycles. The number of rotatable bonds is 7. The first-order chi connectivity index (χ1) is 18.0. The van der Waals surface area contributed by atoms with Crippen LogP contribution in [-0.2, 0) is 15.0 Å². The van der Waals surface area contributed by atoms with Crippen molar-refractivity contribution < 1.29 is 14.0 Å². The largest absolute Gasteiger partial charge is 0.353 e. The van der Waals surface area contributed by atoms with Gasteiger partial charge in [-0.3, -0.25) is 14.5 Å². The Morgan fingerprint density at radius 3 is 2.53 bits per heavy atom. The molecule has 1 aliphatic heterocycles. The summed E-state index contributed by atoms with van der Waals surface area (Å²) < 4.78 is 15.6. The van der Waals surface area contributed by atoms with Gasteiger partial charge in [0.15, 0.2) is 0 Å². The minimum atomic E-state index is -0.356. The van der Waals surface area contributed by atoms with Crippen LogP contribution in [-0.4, -0.2) is 66.0 Å². The van der Waals surface area contributed by atoms with Crippen molar-refractivity contribution in [3.8, 4) is 5.69 Å². The van der Waals surface area contributed by atoms with Crippen molar-refractivity contribution in [2.75, 3.05) is 44.4 Å². The van der Waals surface area contributed by atoms with Crippen LogP contribution in [0.15, 0.2) is 48.5 Å². The number of hydrogen-bond acceptors (Lipinski definition) is 5. The minimum absolute atomic E-state index is 0.114. The number of nitrogens with zero attached hydrogens (tertiary/aromatic N) is 4. The first kappa shape index (κ1) is 27.9. The van der Waals surface area contributed by atoms with Gasteiger partial charge in [0.25, 0.3) is 0 Å². The molecule has 0 unspecified atom stereocenters. The number of aryl methyl sites for hydroxylation is 1. The Hall–Kier alpha value is -3.17. The van der Waals surface area contributed by atoms with Crippen molar-refractivity contribution in [2.24, 2.45) is 0 Å². The molecule has 0 saturated heterocycles. The van der Waals surface area contributed by atoms with E-state index in [1.807, 2.05) is 50.2 Å². The lowest BCUT2D eigenvalue weighted by Gasteiger charge is -2.24. The third kappa shape index (κ3) is 6.10. The number of fused-ring (bicyclic) bond motifs is 1. The first-order valence-corrected chi connectivity index (χ1v) is 13.8. The van der Waals surface area contributed by atoms with Crippen LogP contribution >= 0.6 is 11.8 Å². The van der Waals surface area contributed by atoms with Gasteiger partial charge in [0.1, 0.15) is 18.2 Å². The van der Waals surface area contributed by atoms with Crippen molar-refractivity contribution in [3.63, 3.8) is 0 Å². The number of thioether (sulfide) groups is 1. The Kier molecular flexibility index (Phi) is 8.28. The van der Waals surface area contributed by atoms with E-state index in [-0.39, 0.29) is 40.6 Å². The first-order valence-electron chi connectivity index (χ1n) is 12.7. The SMILES string of the molecule is Cc1cccc(-n2nc(C(C)(C)C)c3c2N(CC(=O)NCCN(C)C)C(=O)CS[C@H]3c2ccc(F)cc2)c1. The highest BCUT2D eigenvalue weighted by Gasteiger charge is 2.39. The number of carbonyl (C=O) groups excluding carboxylic acids is 2. The van der Waals surface area contributed by atoms with Crippen LogP contribution in [0.25, 0.3) is 5.69 Å². The summed E-state index contributed by atoms with van der Waals surface area (Å²) in [7, 11) is 3.88. The van der Waals surface area contributed by atoms with Crippen LogP contribution in [0.3, 0.4) is 0 Å². The topological polar surface area (TPSA) is 70.5 Å². The van der Waals surface area contributed by atoms with Gasteiger partial charge in [0.2, 0.25) is 11.8 Å². The minimum Gasteiger partial charge on any atom is -0.353 e. The summed E-state index contributed by atoms with van der Waals surface area (Å²) in [6, 6.07) is 14.4. The molecule has 0 aliphatic carbocycles. The van der Waals surface area contributed by atoms with E-state index in [0.717, 1.165) is 28.1 Å². The van der Waals surface area contributed by atoms with Crippen molar-refractivity contribution in [3.05, 3.63) is 76.7 Å². The Bertz CT molecular complexity index is 1310. The molecule has 2 amide bonds. The molecule has 0 saturated carbocycles. The highest BCUT2D eigenvalue weighted by molar-refractivity contribution is 8.00. The maximum absolute atomic E-state index is 13.8. The Balaban J connectivity index is 1.92. The molecular weight excluding hydrogens is 501 g/mol. The summed E-state index contributed by atoms with van der Waals surface area (Å²) in [5.74, 6) is 0.0569. The number of hydrogen-bond donors (Lipinski definition) is 1. The summed E-state index contributed by atoms with van der Waals surface area (Å²) in [6.45, 7) is 9.35. The molecular formula is C29H36FN5O2S. The third-order valence-corrected chi connectivity index (χ3v) is 7.66. The maximum Gasteiger partial charge on any atom is 0.240 e. The molecule has 2 heterocycles. The van der Waals surface area contributed by atoms with Crippen LogP contribution in [0.2, 0.25) is 0 Å². The predicted molar refractivity (Wildman–Crippen MR) is 152 cm³/mol. The molecule has 0 radical (unpaired) electrons. The van der Waals surface area contributed by atoms with E-state index in [1.54, 1.807) is 21.7 Å². The number of likely N-dealkylation sites (N-methyl/N-ethyl adjacent to an activating group) is 1. The fraction of sp³-hybridized carbons (Fsp3) is 0.414. The van der Waals surface area contributed by atoms with E-state index in [4.69, 9.17) is 5.10 Å². The number of anilines is 1. The normalized spacial score (nSPS) is 15.9. The van der Waals surface area contributed by atoms with Crippen molar-refractivity contribution >= 4 is 29.4 Å². The van der Waals surface area contributed by atoms with Crippen LogP contribution in [0.4, 0.5) is 10.2 Å². The smallest absolute Gasteiger partial charge is 0.240 e. The Labute approximate surface area is 228 Å². The van der Waals surface area contributed by atoms with E-state index in [0.29, 0.717) is 18.9 Å². The highest BCUT2D eigenvalue weighted by Crippen LogP contribution is 2.48. The number of nitrogens with one attached hydrogen (secondary N) is 1. The van der Waals surface area contributed by atoms with E-state index in [9.17, 15) is 14.0 Å². The predicted octanol–water partition coefficient (Wildman–Crippen LogP) is 4.46. The molecule has 0 spiro atoms. The lowest BCUT2D eigenvalue weighted by Crippen LogP contribution is -2.43. The highest BCUT2D eigenvalue weighted by atomic mass is 32.2. The molecule has 202 valence electrons. The second-order valence-electron chi connectivity index (χ2n) is 11.0. The van der Waals surface area contributed by atoms with Crippen LogP contribution in [0.5, 0.6) is 0 Å². The Morgan fingerprint density at radius 1 is 1.18 bits per heavy atom. The zero-order valence-corrected chi connectivity index (χ0v) is 23.7. The lowest BCUT2D eigenvalue weighted by atomic mass is 9.87. The van der Waals surface area contributed by atoms with Gasteiger partial charge < -0.3 is 10.2 Å². The number of halogens is 1. The maximum atomic E-state index is 13.8. The zero-order chi connectivity index (χ0) is 27.6. The van der Waals surface area contributed by atoms with E-state index in [2.05, 4.69) is 26.1 Å². The molecule has 9 heteroatoms. The van der Waals surface area contributed by atoms with Crippen LogP contribution in [0, 0.1) is 12.7 Å². The van der Waals surface area contributed by atoms with Gasteiger partial charge in [0, 0.05) is 24.1 Å². The molecule has 7 nitrogen and oxygen atoms in total. The fourth-order valence-electron chi connectivity index (χ4n) is 4.53. The van der Waals surface area contributed by atoms with Crippen LogP contribution < -0.4 is 10.2 Å². The fourth-order valence-corrected chi connectivity index (χ4v) is 5.73. The lowest BCUT2D eigenvalue weighted by molar-refractivity contribution is -0.122. The summed E-state index contributed by atoms with van der Waals surface area (Å²) in [5.41, 5.74) is 4.11. The molecule has 3 aromatic rings. The van der Waals surface area contributed by atoms with Gasteiger partial charge in [-0.25, -0.2) is 9.07 Å². The quantitative estimate of drug-likeness (QED) is 0.482. The number of amides is 2. The van der Waals surface area contributed by atoms with Crippen molar-refractivity contribution in [2.45, 2.75) is 38.4 Å². The van der Waals surface area contributed by atoms with Crippen molar-refractivity contribution in [1.82, 2.24) is 20.0 Å².